The molecular weight excluding hydrogens is 356 g/mol. The average molecular weight is 386 g/mol. The summed E-state index contributed by atoms with van der Waals surface area (Å²) in [6, 6.07) is 4.45. The van der Waals surface area contributed by atoms with Gasteiger partial charge in [-0.2, -0.15) is 0 Å². The topological polar surface area (TPSA) is 95.7 Å². The third-order valence-electron chi connectivity index (χ3n) is 5.62. The number of benzene rings is 1. The second kappa shape index (κ2) is 6.58. The Kier molecular flexibility index (Phi) is 4.78. The third kappa shape index (κ3) is 3.28. The van der Waals surface area contributed by atoms with Crippen LogP contribution in [0.15, 0.2) is 18.2 Å². The number of imide groups is 1. The summed E-state index contributed by atoms with van der Waals surface area (Å²) in [4.78, 5) is 41.2. The molecule has 0 aromatic heterocycles. The van der Waals surface area contributed by atoms with Crippen molar-refractivity contribution in [2.24, 2.45) is 5.73 Å². The predicted octanol–water partition coefficient (Wildman–Crippen LogP) is 3.20. The summed E-state index contributed by atoms with van der Waals surface area (Å²) in [6.45, 7) is 11.7. The van der Waals surface area contributed by atoms with Crippen molar-refractivity contribution in [3.63, 3.8) is 0 Å². The van der Waals surface area contributed by atoms with E-state index in [0.717, 1.165) is 0 Å². The minimum Gasteiger partial charge on any atom is -0.328 e. The van der Waals surface area contributed by atoms with Gasteiger partial charge in [0.15, 0.2) is 0 Å². The van der Waals surface area contributed by atoms with Crippen LogP contribution in [0.3, 0.4) is 0 Å². The molecule has 7 heteroatoms. The highest BCUT2D eigenvalue weighted by Crippen LogP contribution is 2.38. The lowest BCUT2D eigenvalue weighted by Gasteiger charge is -2.54. The zero-order valence-electron chi connectivity index (χ0n) is 17.5. The quantitative estimate of drug-likeness (QED) is 0.763. The first-order chi connectivity index (χ1) is 12.8. The Balaban J connectivity index is 1.87. The number of amides is 4. The van der Waals surface area contributed by atoms with Gasteiger partial charge in [-0.3, -0.25) is 14.5 Å². The highest BCUT2D eigenvalue weighted by Gasteiger charge is 2.47. The van der Waals surface area contributed by atoms with Gasteiger partial charge >= 0.3 is 6.03 Å². The first-order valence-electron chi connectivity index (χ1n) is 9.74. The molecule has 3 rings (SSSR count). The summed E-state index contributed by atoms with van der Waals surface area (Å²) in [5, 5.41) is 2.91. The maximum atomic E-state index is 13.1. The maximum Gasteiger partial charge on any atom is 0.322 e. The van der Waals surface area contributed by atoms with Gasteiger partial charge in [-0.1, -0.05) is 0 Å². The number of likely N-dealkylation sites (tertiary alicyclic amines) is 1. The van der Waals surface area contributed by atoms with Gasteiger partial charge in [-0.05, 0) is 72.6 Å². The molecule has 0 unspecified atom stereocenters. The van der Waals surface area contributed by atoms with E-state index in [9.17, 15) is 14.4 Å². The lowest BCUT2D eigenvalue weighted by molar-refractivity contribution is 0.00873. The van der Waals surface area contributed by atoms with Crippen LogP contribution in [0, 0.1) is 0 Å². The Morgan fingerprint density at radius 3 is 2.14 bits per heavy atom. The molecule has 0 bridgehead atoms. The summed E-state index contributed by atoms with van der Waals surface area (Å²) in [7, 11) is 0. The standard InChI is InChI=1S/C21H30N4O3/c1-12(2)24-17(26)15-8-7-14(9-16(15)18(24)27)23-19(28)25-20(3,4)10-13(22)11-21(25,5)6/h7-9,12-13H,10-11,22H2,1-6H3,(H,23,28). The number of piperidine rings is 1. The second-order valence-electron chi connectivity index (χ2n) is 9.39. The van der Waals surface area contributed by atoms with Gasteiger partial charge in [-0.15, -0.1) is 0 Å². The maximum absolute atomic E-state index is 13.1. The Labute approximate surface area is 166 Å². The van der Waals surface area contributed by atoms with Crippen molar-refractivity contribution in [1.29, 1.82) is 0 Å². The predicted molar refractivity (Wildman–Crippen MR) is 108 cm³/mol. The molecule has 0 saturated carbocycles. The van der Waals surface area contributed by atoms with E-state index in [-0.39, 0.29) is 29.9 Å². The number of carbonyl (C=O) groups is 3. The number of nitrogens with two attached hydrogens (primary N) is 1. The molecule has 28 heavy (non-hydrogen) atoms. The van der Waals surface area contributed by atoms with Gasteiger partial charge < -0.3 is 16.0 Å². The van der Waals surface area contributed by atoms with Gasteiger partial charge in [-0.25, -0.2) is 4.79 Å². The summed E-state index contributed by atoms with van der Waals surface area (Å²) in [5.74, 6) is -0.615. The largest absolute Gasteiger partial charge is 0.328 e. The van der Waals surface area contributed by atoms with E-state index in [1.165, 1.54) is 4.90 Å². The van der Waals surface area contributed by atoms with E-state index >= 15 is 0 Å². The van der Waals surface area contributed by atoms with E-state index in [2.05, 4.69) is 5.32 Å². The van der Waals surface area contributed by atoms with Crippen LogP contribution in [-0.4, -0.2) is 50.8 Å². The highest BCUT2D eigenvalue weighted by atomic mass is 16.2. The van der Waals surface area contributed by atoms with Gasteiger partial charge in [0.1, 0.15) is 0 Å². The number of urea groups is 1. The molecule has 2 aliphatic rings. The minimum atomic E-state index is -0.401. The molecule has 2 heterocycles. The molecule has 1 fully saturated rings. The number of rotatable bonds is 2. The summed E-state index contributed by atoms with van der Waals surface area (Å²) >= 11 is 0. The zero-order valence-corrected chi connectivity index (χ0v) is 17.5. The minimum absolute atomic E-state index is 0.0414. The van der Waals surface area contributed by atoms with Crippen molar-refractivity contribution in [2.45, 2.75) is 77.5 Å². The van der Waals surface area contributed by atoms with Gasteiger partial charge in [0, 0.05) is 28.8 Å². The number of nitrogens with one attached hydrogen (secondary N) is 1. The second-order valence-corrected chi connectivity index (χ2v) is 9.39. The lowest BCUT2D eigenvalue weighted by atomic mass is 9.77. The fourth-order valence-electron chi connectivity index (χ4n) is 4.89. The molecule has 1 aromatic rings. The van der Waals surface area contributed by atoms with Gasteiger partial charge in [0.2, 0.25) is 0 Å². The first kappa shape index (κ1) is 20.3. The van der Waals surface area contributed by atoms with Crippen molar-refractivity contribution in [3.8, 4) is 0 Å². The van der Waals surface area contributed by atoms with Crippen LogP contribution in [0.2, 0.25) is 0 Å². The molecule has 152 valence electrons. The monoisotopic (exact) mass is 386 g/mol. The third-order valence-corrected chi connectivity index (χ3v) is 5.62. The van der Waals surface area contributed by atoms with E-state index in [0.29, 0.717) is 29.7 Å². The highest BCUT2D eigenvalue weighted by molar-refractivity contribution is 6.22. The van der Waals surface area contributed by atoms with Crippen LogP contribution in [0.4, 0.5) is 10.5 Å². The van der Waals surface area contributed by atoms with E-state index < -0.39 is 11.1 Å². The van der Waals surface area contributed by atoms with E-state index in [1.54, 1.807) is 32.0 Å². The van der Waals surface area contributed by atoms with Gasteiger partial charge in [0.25, 0.3) is 11.8 Å². The zero-order chi connectivity index (χ0) is 21.0. The van der Waals surface area contributed by atoms with Crippen LogP contribution in [0.5, 0.6) is 0 Å². The van der Waals surface area contributed by atoms with Crippen molar-refractivity contribution in [2.75, 3.05) is 5.32 Å². The summed E-state index contributed by atoms with van der Waals surface area (Å²) in [5.41, 5.74) is 6.60. The van der Waals surface area contributed by atoms with E-state index in [1.807, 2.05) is 32.6 Å². The Bertz CT molecular complexity index is 826. The Morgan fingerprint density at radius 1 is 1.07 bits per heavy atom. The normalized spacial score (nSPS) is 21.3. The lowest BCUT2D eigenvalue weighted by Crippen LogP contribution is -2.66. The average Bonchev–Trinajstić information content (AvgIpc) is 2.75. The van der Waals surface area contributed by atoms with Crippen molar-refractivity contribution in [1.82, 2.24) is 9.80 Å². The molecule has 4 amide bonds. The van der Waals surface area contributed by atoms with Crippen LogP contribution >= 0.6 is 0 Å². The molecule has 2 aliphatic heterocycles. The fourth-order valence-corrected chi connectivity index (χ4v) is 4.89. The van der Waals surface area contributed by atoms with Crippen LogP contribution in [0.25, 0.3) is 0 Å². The molecule has 1 saturated heterocycles. The van der Waals surface area contributed by atoms with Crippen LogP contribution in [0.1, 0.15) is 75.1 Å². The summed E-state index contributed by atoms with van der Waals surface area (Å²) < 4.78 is 0. The number of nitrogens with zero attached hydrogens (tertiary/aromatic N) is 2. The van der Waals surface area contributed by atoms with Crippen molar-refractivity contribution >= 4 is 23.5 Å². The molecule has 0 aliphatic carbocycles. The molecule has 0 radical (unpaired) electrons. The van der Waals surface area contributed by atoms with Crippen LogP contribution in [-0.2, 0) is 0 Å². The Morgan fingerprint density at radius 2 is 1.61 bits per heavy atom. The van der Waals surface area contributed by atoms with E-state index in [4.69, 9.17) is 5.73 Å². The number of carbonyl (C=O) groups excluding carboxylic acids is 3. The SMILES string of the molecule is CC(C)N1C(=O)c2ccc(NC(=O)N3C(C)(C)CC(N)CC3(C)C)cc2C1=O. The molecule has 7 nitrogen and oxygen atoms in total. The smallest absolute Gasteiger partial charge is 0.322 e. The molecule has 3 N–H and O–H groups in total. The van der Waals surface area contributed by atoms with Crippen molar-refractivity contribution in [3.05, 3.63) is 29.3 Å². The molecular formula is C21H30N4O3. The first-order valence-corrected chi connectivity index (χ1v) is 9.74. The number of fused-ring (bicyclic) bond motifs is 1. The fraction of sp³-hybridized carbons (Fsp3) is 0.571. The Hall–Kier alpha value is -2.41. The van der Waals surface area contributed by atoms with Gasteiger partial charge in [0.05, 0.1) is 11.1 Å². The number of anilines is 1. The molecule has 0 spiro atoms. The number of hydrogen-bond donors (Lipinski definition) is 2. The summed E-state index contributed by atoms with van der Waals surface area (Å²) in [6.07, 6.45) is 1.43. The van der Waals surface area contributed by atoms with Crippen LogP contribution < -0.4 is 11.1 Å². The molecule has 0 atom stereocenters. The number of hydrogen-bond acceptors (Lipinski definition) is 4. The molecule has 1 aromatic carbocycles. The van der Waals surface area contributed by atoms with Crippen molar-refractivity contribution < 1.29 is 14.4 Å².